The topological polar surface area (TPSA) is 64.0 Å². The van der Waals surface area contributed by atoms with Crippen molar-refractivity contribution in [2.75, 3.05) is 32.5 Å². The van der Waals surface area contributed by atoms with E-state index in [1.54, 1.807) is 18.0 Å². The second kappa shape index (κ2) is 13.0. The lowest BCUT2D eigenvalue weighted by molar-refractivity contribution is 0.400. The minimum atomic E-state index is 0.477. The fourth-order valence-electron chi connectivity index (χ4n) is 4.41. The maximum atomic E-state index is 9.83. The number of aromatic nitrogens is 1. The third-order valence-electron chi connectivity index (χ3n) is 6.49. The van der Waals surface area contributed by atoms with E-state index >= 15 is 0 Å². The second-order valence-electron chi connectivity index (χ2n) is 9.76. The van der Waals surface area contributed by atoms with Crippen LogP contribution in [0.4, 0.5) is 11.4 Å². The van der Waals surface area contributed by atoms with Crippen LogP contribution in [0, 0.1) is 11.3 Å². The van der Waals surface area contributed by atoms with Crippen LogP contribution >= 0.6 is 23.4 Å². The Morgan fingerprint density at radius 2 is 1.75 bits per heavy atom. The number of hydrogen-bond acceptors (Lipinski definition) is 6. The number of nitrogens with one attached hydrogen (secondary N) is 2. The van der Waals surface area contributed by atoms with Crippen molar-refractivity contribution in [2.24, 2.45) is 0 Å². The minimum Gasteiger partial charge on any atom is -0.354 e. The van der Waals surface area contributed by atoms with Crippen molar-refractivity contribution in [1.29, 1.82) is 5.26 Å². The number of hydrogen-bond donors (Lipinski definition) is 2. The number of halogens is 1. The third kappa shape index (κ3) is 6.82. The Morgan fingerprint density at radius 3 is 2.52 bits per heavy atom. The summed E-state index contributed by atoms with van der Waals surface area (Å²) in [6.45, 7) is 2.76. The van der Waals surface area contributed by atoms with Crippen molar-refractivity contribution in [1.82, 2.24) is 15.2 Å². The number of nitrogens with zero attached hydrogens (tertiary/aromatic N) is 3. The quantitative estimate of drug-likeness (QED) is 0.168. The zero-order valence-corrected chi connectivity index (χ0v) is 24.1. The Balaban J connectivity index is 1.39. The highest BCUT2D eigenvalue weighted by atomic mass is 35.5. The first-order valence-corrected chi connectivity index (χ1v) is 14.3. The van der Waals surface area contributed by atoms with Gasteiger partial charge in [0, 0.05) is 46.7 Å². The maximum Gasteiger partial charge on any atom is 0.103 e. The SMILES string of the molecule is CN(C)CCNCc1cccc(-c2ccc3c(Nc4ccc(Sc5ccccc5)c(Cl)c4)c(C#N)cnc3c2)c1. The van der Waals surface area contributed by atoms with Crippen LogP contribution in [0.25, 0.3) is 22.0 Å². The first kappa shape index (κ1) is 27.7. The number of likely N-dealkylation sites (N-methyl/N-ethyl adjacent to an activating group) is 1. The largest absolute Gasteiger partial charge is 0.354 e. The van der Waals surface area contributed by atoms with Gasteiger partial charge >= 0.3 is 0 Å². The van der Waals surface area contributed by atoms with Gasteiger partial charge in [0.2, 0.25) is 0 Å². The monoisotopic (exact) mass is 563 g/mol. The van der Waals surface area contributed by atoms with E-state index < -0.39 is 0 Å². The average molecular weight is 564 g/mol. The first-order chi connectivity index (χ1) is 19.5. The fourth-order valence-corrected chi connectivity index (χ4v) is 5.55. The highest BCUT2D eigenvalue weighted by Crippen LogP contribution is 2.37. The molecular formula is C33H30ClN5S. The van der Waals surface area contributed by atoms with Gasteiger partial charge in [0.15, 0.2) is 0 Å². The molecule has 0 unspecified atom stereocenters. The normalized spacial score (nSPS) is 11.1. The molecule has 0 spiro atoms. The van der Waals surface area contributed by atoms with Crippen LogP contribution in [0.2, 0.25) is 5.02 Å². The molecule has 2 N–H and O–H groups in total. The van der Waals surface area contributed by atoms with Crippen LogP contribution in [0.1, 0.15) is 11.1 Å². The van der Waals surface area contributed by atoms with Gasteiger partial charge in [-0.1, -0.05) is 71.9 Å². The molecule has 1 aromatic heterocycles. The molecule has 0 aliphatic rings. The number of nitriles is 1. The molecule has 5 nitrogen and oxygen atoms in total. The summed E-state index contributed by atoms with van der Waals surface area (Å²) >= 11 is 8.27. The Bertz CT molecular complexity index is 1660. The van der Waals surface area contributed by atoms with Crippen molar-refractivity contribution in [3.8, 4) is 17.2 Å². The molecule has 1 heterocycles. The van der Waals surface area contributed by atoms with Crippen LogP contribution in [0.15, 0.2) is 107 Å². The van der Waals surface area contributed by atoms with Gasteiger partial charge in [0.1, 0.15) is 6.07 Å². The maximum absolute atomic E-state index is 9.83. The van der Waals surface area contributed by atoms with E-state index in [1.165, 1.54) is 5.56 Å². The van der Waals surface area contributed by atoms with E-state index in [-0.39, 0.29) is 0 Å². The second-order valence-corrected chi connectivity index (χ2v) is 11.3. The third-order valence-corrected chi connectivity index (χ3v) is 8.00. The van der Waals surface area contributed by atoms with E-state index in [4.69, 9.17) is 11.6 Å². The van der Waals surface area contributed by atoms with Gasteiger partial charge in [-0.05, 0) is 73.3 Å². The van der Waals surface area contributed by atoms with Gasteiger partial charge in [0.25, 0.3) is 0 Å². The summed E-state index contributed by atoms with van der Waals surface area (Å²) in [6.07, 6.45) is 1.63. The summed E-state index contributed by atoms with van der Waals surface area (Å²) in [5.41, 5.74) is 6.27. The summed E-state index contributed by atoms with van der Waals surface area (Å²) in [4.78, 5) is 8.87. The van der Waals surface area contributed by atoms with Crippen molar-refractivity contribution in [3.63, 3.8) is 0 Å². The molecule has 0 saturated carbocycles. The predicted molar refractivity (Wildman–Crippen MR) is 167 cm³/mol. The van der Waals surface area contributed by atoms with Crippen LogP contribution in [-0.4, -0.2) is 37.1 Å². The van der Waals surface area contributed by atoms with Crippen molar-refractivity contribution < 1.29 is 0 Å². The lowest BCUT2D eigenvalue weighted by Crippen LogP contribution is -2.26. The lowest BCUT2D eigenvalue weighted by Gasteiger charge is -2.14. The fraction of sp³-hybridized carbons (Fsp3) is 0.152. The smallest absolute Gasteiger partial charge is 0.103 e. The molecule has 5 aromatic rings. The molecule has 4 aromatic carbocycles. The van der Waals surface area contributed by atoms with E-state index in [1.807, 2.05) is 42.5 Å². The van der Waals surface area contributed by atoms with Crippen LogP contribution < -0.4 is 10.6 Å². The van der Waals surface area contributed by atoms with Gasteiger partial charge < -0.3 is 15.5 Å². The first-order valence-electron chi connectivity index (χ1n) is 13.1. The van der Waals surface area contributed by atoms with Gasteiger partial charge in [-0.2, -0.15) is 5.26 Å². The molecule has 5 rings (SSSR count). The molecule has 0 saturated heterocycles. The van der Waals surface area contributed by atoms with Gasteiger partial charge in [-0.15, -0.1) is 0 Å². The Morgan fingerprint density at radius 1 is 0.925 bits per heavy atom. The van der Waals surface area contributed by atoms with Gasteiger partial charge in [0.05, 0.1) is 21.8 Å². The van der Waals surface area contributed by atoms with Crippen molar-refractivity contribution in [2.45, 2.75) is 16.3 Å². The van der Waals surface area contributed by atoms with E-state index in [0.717, 1.165) is 62.8 Å². The predicted octanol–water partition coefficient (Wildman–Crippen LogP) is 7.97. The van der Waals surface area contributed by atoms with Crippen molar-refractivity contribution in [3.05, 3.63) is 113 Å². The summed E-state index contributed by atoms with van der Waals surface area (Å²) in [5.74, 6) is 0. The standard InChI is InChI=1S/C33H30ClN5S/c1-39(2)16-15-36-21-23-7-6-8-24(17-23)25-11-13-29-31(18-25)37-22-26(20-35)33(29)38-27-12-14-32(30(34)19-27)40-28-9-4-3-5-10-28/h3-14,17-19,22,36H,15-16,21H2,1-2H3,(H,37,38). The number of pyridine rings is 1. The molecular weight excluding hydrogens is 534 g/mol. The molecule has 0 bridgehead atoms. The molecule has 200 valence electrons. The summed E-state index contributed by atoms with van der Waals surface area (Å²) < 4.78 is 0. The Labute approximate surface area is 244 Å². The number of anilines is 2. The Hall–Kier alpha value is -3.86. The molecule has 0 radical (unpaired) electrons. The van der Waals surface area contributed by atoms with Crippen LogP contribution in [-0.2, 0) is 6.54 Å². The van der Waals surface area contributed by atoms with Crippen LogP contribution in [0.5, 0.6) is 0 Å². The summed E-state index contributed by atoms with van der Waals surface area (Å²) in [5, 5.41) is 18.3. The number of benzene rings is 4. The summed E-state index contributed by atoms with van der Waals surface area (Å²) in [6, 6.07) is 33.0. The zero-order chi connectivity index (χ0) is 27.9. The molecule has 0 fully saturated rings. The lowest BCUT2D eigenvalue weighted by atomic mass is 10.00. The number of fused-ring (bicyclic) bond motifs is 1. The van der Waals surface area contributed by atoms with Crippen molar-refractivity contribution >= 4 is 45.6 Å². The number of rotatable bonds is 10. The highest BCUT2D eigenvalue weighted by molar-refractivity contribution is 7.99. The summed E-state index contributed by atoms with van der Waals surface area (Å²) in [7, 11) is 4.15. The van der Waals surface area contributed by atoms with E-state index in [9.17, 15) is 5.26 Å². The van der Waals surface area contributed by atoms with Gasteiger partial charge in [-0.3, -0.25) is 4.98 Å². The average Bonchev–Trinajstić information content (AvgIpc) is 2.97. The molecule has 0 aliphatic carbocycles. The molecule has 40 heavy (non-hydrogen) atoms. The van der Waals surface area contributed by atoms with Crippen LogP contribution in [0.3, 0.4) is 0 Å². The molecule has 0 atom stereocenters. The molecule has 7 heteroatoms. The van der Waals surface area contributed by atoms with E-state index in [2.05, 4.69) is 89.2 Å². The van der Waals surface area contributed by atoms with E-state index in [0.29, 0.717) is 10.6 Å². The van der Waals surface area contributed by atoms with Gasteiger partial charge in [-0.25, -0.2) is 0 Å². The highest BCUT2D eigenvalue weighted by Gasteiger charge is 2.12. The minimum absolute atomic E-state index is 0.477. The molecule has 0 amide bonds. The Kier molecular flexibility index (Phi) is 9.00. The zero-order valence-electron chi connectivity index (χ0n) is 22.5. The molecule has 0 aliphatic heterocycles.